The van der Waals surface area contributed by atoms with Crippen molar-refractivity contribution >= 4 is 0 Å². The molecule has 1 saturated heterocycles. The van der Waals surface area contributed by atoms with Crippen molar-refractivity contribution in [1.29, 1.82) is 0 Å². The van der Waals surface area contributed by atoms with Crippen molar-refractivity contribution in [2.24, 2.45) is 11.3 Å². The summed E-state index contributed by atoms with van der Waals surface area (Å²) in [5.74, 6) is 0.797. The van der Waals surface area contributed by atoms with Crippen LogP contribution in [0.1, 0.15) is 53.9 Å². The quantitative estimate of drug-likeness (QED) is 0.812. The van der Waals surface area contributed by atoms with Gasteiger partial charge in [-0.3, -0.25) is 0 Å². The molecule has 1 aliphatic rings. The Hall–Kier alpha value is -0.0800. The summed E-state index contributed by atoms with van der Waals surface area (Å²) >= 11 is 0. The van der Waals surface area contributed by atoms with Crippen LogP contribution in [0.5, 0.6) is 0 Å². The van der Waals surface area contributed by atoms with Crippen LogP contribution in [0, 0.1) is 11.3 Å². The van der Waals surface area contributed by atoms with Gasteiger partial charge in [-0.1, -0.05) is 41.0 Å². The van der Waals surface area contributed by atoms with E-state index in [0.29, 0.717) is 11.5 Å². The highest BCUT2D eigenvalue weighted by Crippen LogP contribution is 2.20. The summed E-state index contributed by atoms with van der Waals surface area (Å²) < 4.78 is 0. The Morgan fingerprint density at radius 1 is 1.35 bits per heavy atom. The third-order valence-corrected chi connectivity index (χ3v) is 4.02. The number of nitrogens with zero attached hydrogens (tertiary/aromatic N) is 1. The molecule has 0 saturated carbocycles. The molecule has 0 aromatic heterocycles. The second-order valence-electron chi connectivity index (χ2n) is 6.91. The molecule has 2 heteroatoms. The maximum Gasteiger partial charge on any atom is 0.0220 e. The molecule has 102 valence electrons. The summed E-state index contributed by atoms with van der Waals surface area (Å²) in [5.41, 5.74) is 0.464. The summed E-state index contributed by atoms with van der Waals surface area (Å²) in [7, 11) is 0. The van der Waals surface area contributed by atoms with Crippen molar-refractivity contribution in [3.8, 4) is 0 Å². The largest absolute Gasteiger partial charge is 0.312 e. The van der Waals surface area contributed by atoms with Crippen LogP contribution >= 0.6 is 0 Å². The van der Waals surface area contributed by atoms with E-state index in [1.165, 1.54) is 45.4 Å². The zero-order valence-corrected chi connectivity index (χ0v) is 12.6. The van der Waals surface area contributed by atoms with Crippen LogP contribution in [0.4, 0.5) is 0 Å². The van der Waals surface area contributed by atoms with Gasteiger partial charge in [0.05, 0.1) is 0 Å². The first kappa shape index (κ1) is 15.0. The normalized spacial score (nSPS) is 25.6. The van der Waals surface area contributed by atoms with Gasteiger partial charge < -0.3 is 10.2 Å². The third kappa shape index (κ3) is 5.87. The maximum atomic E-state index is 3.72. The van der Waals surface area contributed by atoms with Crippen LogP contribution in [-0.2, 0) is 0 Å². The van der Waals surface area contributed by atoms with Gasteiger partial charge in [-0.05, 0) is 43.8 Å². The SMILES string of the molecule is CCC(C)C1CN(CCC(C)(C)C)CCCN1. The Balaban J connectivity index is 2.43. The van der Waals surface area contributed by atoms with Gasteiger partial charge >= 0.3 is 0 Å². The van der Waals surface area contributed by atoms with E-state index in [9.17, 15) is 0 Å². The molecule has 17 heavy (non-hydrogen) atoms. The smallest absolute Gasteiger partial charge is 0.0220 e. The van der Waals surface area contributed by atoms with Crippen molar-refractivity contribution in [2.75, 3.05) is 26.2 Å². The van der Waals surface area contributed by atoms with Gasteiger partial charge in [-0.15, -0.1) is 0 Å². The Morgan fingerprint density at radius 3 is 2.65 bits per heavy atom. The predicted octanol–water partition coefficient (Wildman–Crippen LogP) is 3.13. The molecule has 0 aliphatic carbocycles. The summed E-state index contributed by atoms with van der Waals surface area (Å²) in [4.78, 5) is 2.67. The fourth-order valence-electron chi connectivity index (χ4n) is 2.39. The molecule has 1 N–H and O–H groups in total. The summed E-state index contributed by atoms with van der Waals surface area (Å²) in [6.45, 7) is 16.7. The molecule has 2 nitrogen and oxygen atoms in total. The van der Waals surface area contributed by atoms with E-state index in [2.05, 4.69) is 44.8 Å². The first-order valence-electron chi connectivity index (χ1n) is 7.38. The Morgan fingerprint density at radius 2 is 2.06 bits per heavy atom. The maximum absolute atomic E-state index is 3.72. The van der Waals surface area contributed by atoms with Crippen LogP contribution in [-0.4, -0.2) is 37.1 Å². The fraction of sp³-hybridized carbons (Fsp3) is 1.00. The van der Waals surface area contributed by atoms with Gasteiger partial charge in [0, 0.05) is 12.6 Å². The Bertz CT molecular complexity index is 207. The molecule has 1 heterocycles. The second kappa shape index (κ2) is 6.75. The lowest BCUT2D eigenvalue weighted by atomic mass is 9.92. The van der Waals surface area contributed by atoms with Crippen LogP contribution < -0.4 is 5.32 Å². The topological polar surface area (TPSA) is 15.3 Å². The van der Waals surface area contributed by atoms with Gasteiger partial charge in [0.1, 0.15) is 0 Å². The van der Waals surface area contributed by atoms with Gasteiger partial charge in [0.25, 0.3) is 0 Å². The minimum Gasteiger partial charge on any atom is -0.312 e. The highest BCUT2D eigenvalue weighted by molar-refractivity contribution is 4.80. The van der Waals surface area contributed by atoms with Gasteiger partial charge in [0.2, 0.25) is 0 Å². The lowest BCUT2D eigenvalue weighted by molar-refractivity contribution is 0.207. The average Bonchev–Trinajstić information content (AvgIpc) is 2.49. The Labute approximate surface area is 108 Å². The zero-order chi connectivity index (χ0) is 12.9. The van der Waals surface area contributed by atoms with E-state index in [0.717, 1.165) is 5.92 Å². The minimum absolute atomic E-state index is 0.464. The van der Waals surface area contributed by atoms with Gasteiger partial charge in [0.15, 0.2) is 0 Å². The van der Waals surface area contributed by atoms with Crippen molar-refractivity contribution < 1.29 is 0 Å². The standard InChI is InChI=1S/C15H32N2/c1-6-13(2)14-12-17(10-7-9-16-14)11-8-15(3,4)5/h13-14,16H,6-12H2,1-5H3. The first-order chi connectivity index (χ1) is 7.92. The van der Waals surface area contributed by atoms with Crippen LogP contribution in [0.3, 0.4) is 0 Å². The molecule has 2 unspecified atom stereocenters. The molecule has 2 atom stereocenters. The van der Waals surface area contributed by atoms with E-state index in [1.54, 1.807) is 0 Å². The molecule has 0 spiro atoms. The monoisotopic (exact) mass is 240 g/mol. The molecule has 1 rings (SSSR count). The molecular formula is C15H32N2. The van der Waals surface area contributed by atoms with E-state index in [1.807, 2.05) is 0 Å². The van der Waals surface area contributed by atoms with E-state index < -0.39 is 0 Å². The lowest BCUT2D eigenvalue weighted by Gasteiger charge is -2.30. The van der Waals surface area contributed by atoms with E-state index in [-0.39, 0.29) is 0 Å². The molecule has 1 fully saturated rings. The van der Waals surface area contributed by atoms with Crippen molar-refractivity contribution in [3.05, 3.63) is 0 Å². The molecular weight excluding hydrogens is 208 g/mol. The molecule has 0 aromatic rings. The molecule has 0 amide bonds. The highest BCUT2D eigenvalue weighted by Gasteiger charge is 2.22. The summed E-state index contributed by atoms with van der Waals surface area (Å²) in [5, 5.41) is 3.72. The summed E-state index contributed by atoms with van der Waals surface area (Å²) in [6, 6.07) is 0.697. The van der Waals surface area contributed by atoms with Crippen LogP contribution in [0.15, 0.2) is 0 Å². The average molecular weight is 240 g/mol. The highest BCUT2D eigenvalue weighted by atomic mass is 15.2. The molecule has 0 bridgehead atoms. The number of hydrogen-bond donors (Lipinski definition) is 1. The number of nitrogens with one attached hydrogen (secondary N) is 1. The van der Waals surface area contributed by atoms with Gasteiger partial charge in [-0.25, -0.2) is 0 Å². The number of rotatable bonds is 4. The van der Waals surface area contributed by atoms with E-state index >= 15 is 0 Å². The van der Waals surface area contributed by atoms with Crippen LogP contribution in [0.25, 0.3) is 0 Å². The van der Waals surface area contributed by atoms with Crippen LogP contribution in [0.2, 0.25) is 0 Å². The Kier molecular flexibility index (Phi) is 5.94. The second-order valence-corrected chi connectivity index (χ2v) is 6.91. The van der Waals surface area contributed by atoms with Crippen molar-refractivity contribution in [2.45, 2.75) is 59.9 Å². The summed E-state index contributed by atoms with van der Waals surface area (Å²) in [6.07, 6.45) is 3.89. The third-order valence-electron chi connectivity index (χ3n) is 4.02. The van der Waals surface area contributed by atoms with Crippen molar-refractivity contribution in [3.63, 3.8) is 0 Å². The lowest BCUT2D eigenvalue weighted by Crippen LogP contribution is -2.42. The molecule has 0 aromatic carbocycles. The predicted molar refractivity (Wildman–Crippen MR) is 76.4 cm³/mol. The van der Waals surface area contributed by atoms with Crippen molar-refractivity contribution in [1.82, 2.24) is 10.2 Å². The minimum atomic E-state index is 0.464. The van der Waals surface area contributed by atoms with Gasteiger partial charge in [-0.2, -0.15) is 0 Å². The fourth-order valence-corrected chi connectivity index (χ4v) is 2.39. The molecule has 1 aliphatic heterocycles. The van der Waals surface area contributed by atoms with E-state index in [4.69, 9.17) is 0 Å². The molecule has 0 radical (unpaired) electrons. The zero-order valence-electron chi connectivity index (χ0n) is 12.6. The number of hydrogen-bond acceptors (Lipinski definition) is 2. The first-order valence-corrected chi connectivity index (χ1v) is 7.38.